The first-order valence-corrected chi connectivity index (χ1v) is 11.5. The maximum absolute atomic E-state index is 13.2. The first-order chi connectivity index (χ1) is 16.4. The Morgan fingerprint density at radius 3 is 2.62 bits per heavy atom. The minimum absolute atomic E-state index is 0.0279. The standard InChI is InChI=1S/C26H22Cl2N2O4/c1-2-11-34-19-7-3-6-18(12-19)24(31)22-23(17-8-9-20(27)21(28)13-17)30(26(33)25(22)32)15-16-5-4-10-29-14-16/h3-10,12-14,23,31H,2,11,15H2,1H3/b24-22+. The quantitative estimate of drug-likeness (QED) is 0.254. The lowest BCUT2D eigenvalue weighted by Gasteiger charge is -2.25. The Morgan fingerprint density at radius 2 is 1.91 bits per heavy atom. The molecule has 0 saturated carbocycles. The fourth-order valence-corrected chi connectivity index (χ4v) is 4.18. The van der Waals surface area contributed by atoms with Crippen LogP contribution in [0.5, 0.6) is 5.75 Å². The van der Waals surface area contributed by atoms with Crippen LogP contribution in [0, 0.1) is 0 Å². The number of aromatic nitrogens is 1. The monoisotopic (exact) mass is 496 g/mol. The maximum atomic E-state index is 13.2. The van der Waals surface area contributed by atoms with Gasteiger partial charge >= 0.3 is 0 Å². The molecule has 0 bridgehead atoms. The van der Waals surface area contributed by atoms with Gasteiger partial charge in [0, 0.05) is 24.5 Å². The molecule has 1 N–H and O–H groups in total. The van der Waals surface area contributed by atoms with Gasteiger partial charge in [-0.25, -0.2) is 0 Å². The predicted molar refractivity (Wildman–Crippen MR) is 131 cm³/mol. The number of hydrogen-bond acceptors (Lipinski definition) is 5. The average molecular weight is 497 g/mol. The van der Waals surface area contributed by atoms with Gasteiger partial charge in [0.15, 0.2) is 0 Å². The van der Waals surface area contributed by atoms with Crippen molar-refractivity contribution in [3.05, 3.63) is 99.3 Å². The van der Waals surface area contributed by atoms with Crippen LogP contribution in [-0.2, 0) is 16.1 Å². The van der Waals surface area contributed by atoms with Crippen molar-refractivity contribution in [1.82, 2.24) is 9.88 Å². The SMILES string of the molecule is CCCOc1cccc(/C(O)=C2\C(=O)C(=O)N(Cc3cccnc3)C2c2ccc(Cl)c(Cl)c2)c1. The van der Waals surface area contributed by atoms with Crippen molar-refractivity contribution >= 4 is 40.7 Å². The second kappa shape index (κ2) is 10.3. The first-order valence-electron chi connectivity index (χ1n) is 10.8. The van der Waals surface area contributed by atoms with Gasteiger partial charge in [-0.3, -0.25) is 14.6 Å². The van der Waals surface area contributed by atoms with Crippen molar-refractivity contribution in [1.29, 1.82) is 0 Å². The van der Waals surface area contributed by atoms with E-state index in [1.165, 1.54) is 4.90 Å². The molecule has 34 heavy (non-hydrogen) atoms. The number of carbonyl (C=O) groups is 2. The van der Waals surface area contributed by atoms with Crippen LogP contribution < -0.4 is 4.74 Å². The predicted octanol–water partition coefficient (Wildman–Crippen LogP) is 5.80. The van der Waals surface area contributed by atoms with Gasteiger partial charge in [0.2, 0.25) is 0 Å². The number of halogens is 2. The number of aliphatic hydroxyl groups excluding tert-OH is 1. The van der Waals surface area contributed by atoms with Crippen molar-refractivity contribution in [3.8, 4) is 5.75 Å². The zero-order chi connectivity index (χ0) is 24.2. The zero-order valence-corrected chi connectivity index (χ0v) is 19.9. The molecule has 0 aliphatic carbocycles. The Morgan fingerprint density at radius 1 is 1.09 bits per heavy atom. The number of Topliss-reactive ketones (excluding diaryl/α,β-unsaturated/α-hetero) is 1. The molecule has 3 aromatic rings. The van der Waals surface area contributed by atoms with E-state index >= 15 is 0 Å². The number of likely N-dealkylation sites (tertiary alicyclic amines) is 1. The lowest BCUT2D eigenvalue weighted by atomic mass is 9.95. The normalized spacial score (nSPS) is 17.3. The molecule has 174 valence electrons. The Hall–Kier alpha value is -3.35. The molecule has 1 amide bonds. The Kier molecular flexibility index (Phi) is 7.20. The van der Waals surface area contributed by atoms with Gasteiger partial charge in [-0.05, 0) is 47.9 Å². The molecule has 0 spiro atoms. The molecule has 2 aromatic carbocycles. The number of pyridine rings is 1. The highest BCUT2D eigenvalue weighted by Crippen LogP contribution is 2.42. The third-order valence-corrected chi connectivity index (χ3v) is 6.19. The number of hydrogen-bond donors (Lipinski definition) is 1. The molecule has 0 radical (unpaired) electrons. The fourth-order valence-electron chi connectivity index (χ4n) is 3.87. The van der Waals surface area contributed by atoms with Crippen molar-refractivity contribution in [2.45, 2.75) is 25.9 Å². The highest BCUT2D eigenvalue weighted by Gasteiger charge is 2.46. The van der Waals surface area contributed by atoms with E-state index in [1.54, 1.807) is 60.9 Å². The number of aliphatic hydroxyl groups is 1. The number of amides is 1. The molecule has 1 atom stereocenters. The van der Waals surface area contributed by atoms with Crippen LogP contribution in [0.1, 0.15) is 36.1 Å². The number of benzene rings is 2. The summed E-state index contributed by atoms with van der Waals surface area (Å²) in [6.45, 7) is 2.63. The van der Waals surface area contributed by atoms with Crippen LogP contribution >= 0.6 is 23.2 Å². The highest BCUT2D eigenvalue weighted by molar-refractivity contribution is 6.46. The van der Waals surface area contributed by atoms with E-state index in [4.69, 9.17) is 27.9 Å². The third kappa shape index (κ3) is 4.79. The lowest BCUT2D eigenvalue weighted by Crippen LogP contribution is -2.29. The summed E-state index contributed by atoms with van der Waals surface area (Å²) in [7, 11) is 0. The van der Waals surface area contributed by atoms with E-state index < -0.39 is 17.7 Å². The topological polar surface area (TPSA) is 79.7 Å². The van der Waals surface area contributed by atoms with Gasteiger partial charge in [0.25, 0.3) is 11.7 Å². The summed E-state index contributed by atoms with van der Waals surface area (Å²) < 4.78 is 5.66. The van der Waals surface area contributed by atoms with Crippen LogP contribution in [0.2, 0.25) is 10.0 Å². The molecule has 1 unspecified atom stereocenters. The van der Waals surface area contributed by atoms with Crippen LogP contribution in [0.25, 0.3) is 5.76 Å². The largest absolute Gasteiger partial charge is 0.507 e. The van der Waals surface area contributed by atoms with Crippen LogP contribution in [0.15, 0.2) is 72.6 Å². The Labute approximate surface area is 207 Å². The fraction of sp³-hybridized carbons (Fsp3) is 0.192. The van der Waals surface area contributed by atoms with Gasteiger partial charge in [-0.2, -0.15) is 0 Å². The molecular formula is C26H22Cl2N2O4. The van der Waals surface area contributed by atoms with E-state index in [9.17, 15) is 14.7 Å². The average Bonchev–Trinajstić information content (AvgIpc) is 3.09. The van der Waals surface area contributed by atoms with Crippen LogP contribution in [-0.4, -0.2) is 33.3 Å². The molecule has 1 aliphatic heterocycles. The van der Waals surface area contributed by atoms with Gasteiger partial charge in [0.05, 0.1) is 28.3 Å². The van der Waals surface area contributed by atoms with Gasteiger partial charge in [0.1, 0.15) is 11.5 Å². The van der Waals surface area contributed by atoms with E-state index in [0.29, 0.717) is 28.5 Å². The van der Waals surface area contributed by atoms with Crippen molar-refractivity contribution < 1.29 is 19.4 Å². The van der Waals surface area contributed by atoms with Gasteiger partial charge in [-0.1, -0.05) is 54.4 Å². The van der Waals surface area contributed by atoms with Crippen molar-refractivity contribution in [3.63, 3.8) is 0 Å². The van der Waals surface area contributed by atoms with Gasteiger partial charge in [-0.15, -0.1) is 0 Å². The Balaban J connectivity index is 1.84. The summed E-state index contributed by atoms with van der Waals surface area (Å²) in [5, 5.41) is 11.9. The number of ketones is 1. The molecule has 2 heterocycles. The minimum atomic E-state index is -0.866. The molecular weight excluding hydrogens is 475 g/mol. The molecule has 1 saturated heterocycles. The Bertz CT molecular complexity index is 1260. The zero-order valence-electron chi connectivity index (χ0n) is 18.4. The van der Waals surface area contributed by atoms with Crippen LogP contribution in [0.3, 0.4) is 0 Å². The van der Waals surface area contributed by atoms with E-state index in [-0.39, 0.29) is 22.9 Å². The summed E-state index contributed by atoms with van der Waals surface area (Å²) in [5.74, 6) is -1.23. The first kappa shape index (κ1) is 23.8. The molecule has 1 aliphatic rings. The number of carbonyl (C=O) groups excluding carboxylic acids is 2. The molecule has 1 aromatic heterocycles. The summed E-state index contributed by atoms with van der Waals surface area (Å²) in [4.78, 5) is 31.8. The highest BCUT2D eigenvalue weighted by atomic mass is 35.5. The molecule has 4 rings (SSSR count). The van der Waals surface area contributed by atoms with Crippen molar-refractivity contribution in [2.24, 2.45) is 0 Å². The summed E-state index contributed by atoms with van der Waals surface area (Å²) in [6.07, 6.45) is 4.08. The van der Waals surface area contributed by atoms with Crippen molar-refractivity contribution in [2.75, 3.05) is 6.61 Å². The van der Waals surface area contributed by atoms with E-state index in [1.807, 2.05) is 13.0 Å². The van der Waals surface area contributed by atoms with Crippen LogP contribution in [0.4, 0.5) is 0 Å². The smallest absolute Gasteiger partial charge is 0.295 e. The van der Waals surface area contributed by atoms with E-state index in [0.717, 1.165) is 12.0 Å². The minimum Gasteiger partial charge on any atom is -0.507 e. The molecule has 6 nitrogen and oxygen atoms in total. The summed E-state index contributed by atoms with van der Waals surface area (Å²) >= 11 is 12.4. The second-order valence-electron chi connectivity index (χ2n) is 7.84. The number of nitrogens with zero attached hydrogens (tertiary/aromatic N) is 2. The third-order valence-electron chi connectivity index (χ3n) is 5.46. The summed E-state index contributed by atoms with van der Waals surface area (Å²) in [5.41, 5.74) is 1.64. The molecule has 8 heteroatoms. The summed E-state index contributed by atoms with van der Waals surface area (Å²) in [6, 6.07) is 14.4. The number of ether oxygens (including phenoxy) is 1. The molecule has 1 fully saturated rings. The lowest BCUT2D eigenvalue weighted by molar-refractivity contribution is -0.140. The van der Waals surface area contributed by atoms with Gasteiger partial charge < -0.3 is 14.7 Å². The second-order valence-corrected chi connectivity index (χ2v) is 8.65. The number of rotatable bonds is 7. The van der Waals surface area contributed by atoms with E-state index in [2.05, 4.69) is 4.98 Å². The maximum Gasteiger partial charge on any atom is 0.295 e.